The van der Waals surface area contributed by atoms with Gasteiger partial charge in [-0.1, -0.05) is 25.1 Å². The second-order valence-corrected chi connectivity index (χ2v) is 15.0. The van der Waals surface area contributed by atoms with Crippen molar-refractivity contribution < 1.29 is 71.5 Å². The smallest absolute Gasteiger partial charge is 0.478 e. The van der Waals surface area contributed by atoms with Crippen LogP contribution in [0.15, 0.2) is 36.0 Å². The highest BCUT2D eigenvalue weighted by Gasteiger charge is 2.49. The third-order valence-electron chi connectivity index (χ3n) is 7.53. The van der Waals surface area contributed by atoms with E-state index in [0.29, 0.717) is 10.9 Å². The van der Waals surface area contributed by atoms with Crippen molar-refractivity contribution in [2.24, 2.45) is 5.73 Å². The van der Waals surface area contributed by atoms with E-state index < -0.39 is 83.8 Å². The second-order valence-electron chi connectivity index (χ2n) is 11.0. The fourth-order valence-electron chi connectivity index (χ4n) is 5.04. The Morgan fingerprint density at radius 2 is 1.80 bits per heavy atom. The molecule has 5 rings (SSSR count). The number of fused-ring (bicyclic) bond motifs is 1. The highest BCUT2D eigenvalue weighted by Crippen LogP contribution is 2.58. The number of carbonyl (C=O) groups is 1. The van der Waals surface area contributed by atoms with E-state index in [2.05, 4.69) is 23.8 Å². The number of rotatable bonds is 15. The van der Waals surface area contributed by atoms with E-state index in [1.54, 1.807) is 0 Å². The van der Waals surface area contributed by atoms with Gasteiger partial charge in [-0.2, -0.15) is 4.57 Å². The number of phosphoric ester groups is 2. The monoisotopic (exact) mass is 751 g/mol. The Hall–Kier alpha value is -2.66. The number of nitrogen functional groups attached to an aromatic ring is 1. The average Bonchev–Trinajstić information content (AvgIpc) is 3.65. The lowest BCUT2D eigenvalue weighted by Gasteiger charge is -2.26. The van der Waals surface area contributed by atoms with Crippen LogP contribution in [0.25, 0.3) is 11.2 Å². The zero-order chi connectivity index (χ0) is 35.7. The Morgan fingerprint density at radius 1 is 1.10 bits per heavy atom. The van der Waals surface area contributed by atoms with Crippen molar-refractivity contribution in [3.63, 3.8) is 0 Å². The molecule has 21 nitrogen and oxygen atoms in total. The van der Waals surface area contributed by atoms with Gasteiger partial charge in [0.2, 0.25) is 0 Å². The van der Waals surface area contributed by atoms with Gasteiger partial charge >= 0.3 is 7.82 Å². The number of unbranched alkanes of at least 4 members (excludes halogenated alkanes) is 1. The summed E-state index contributed by atoms with van der Waals surface area (Å²) < 4.78 is 52.5. The Labute approximate surface area is 282 Å². The zero-order valence-electron chi connectivity index (χ0n) is 25.6. The molecule has 1 amide bonds. The normalized spacial score (nSPS) is 29.6. The maximum atomic E-state index is 12.6. The molecule has 0 bridgehead atoms. The van der Waals surface area contributed by atoms with Gasteiger partial charge in [0, 0.05) is 11.8 Å². The molecule has 0 saturated carbocycles. The SMILES string of the molecule is CCCCSc1nc2c(N)ncnc2n1C1OC(COP(=O)(O)OP(=O)([O-])OCC2OC([n+]3cccc(C(N)=O)c3)C(O)C2O)C(O)C1O. The Kier molecular flexibility index (Phi) is 11.7. The number of carbonyl (C=O) groups excluding carboxylic acids is 1. The number of primary amides is 1. The minimum atomic E-state index is -5.64. The zero-order valence-corrected chi connectivity index (χ0v) is 28.3. The molecule has 9 N–H and O–H groups in total. The van der Waals surface area contributed by atoms with Crippen molar-refractivity contribution in [1.29, 1.82) is 0 Å². The lowest BCUT2D eigenvalue weighted by Crippen LogP contribution is -2.46. The van der Waals surface area contributed by atoms with Crippen LogP contribution in [0.1, 0.15) is 42.6 Å². The minimum absolute atomic E-state index is 0.0605. The van der Waals surface area contributed by atoms with Gasteiger partial charge in [0.1, 0.15) is 42.4 Å². The summed E-state index contributed by atoms with van der Waals surface area (Å²) in [4.78, 5) is 46.6. The lowest BCUT2D eigenvalue weighted by molar-refractivity contribution is -0.765. The molecule has 2 aliphatic rings. The number of ether oxygens (including phenoxy) is 2. The first-order chi connectivity index (χ1) is 23.1. The van der Waals surface area contributed by atoms with Crippen LogP contribution >= 0.6 is 27.4 Å². The summed E-state index contributed by atoms with van der Waals surface area (Å²) in [5.41, 5.74) is 11.7. The number of aliphatic hydroxyl groups excluding tert-OH is 4. The van der Waals surface area contributed by atoms with E-state index in [0.717, 1.165) is 12.8 Å². The van der Waals surface area contributed by atoms with Gasteiger partial charge < -0.3 is 55.7 Å². The van der Waals surface area contributed by atoms with Crippen LogP contribution in [0.2, 0.25) is 0 Å². The average molecular weight is 752 g/mol. The van der Waals surface area contributed by atoms with Crippen LogP contribution < -0.4 is 20.9 Å². The van der Waals surface area contributed by atoms with Crippen LogP contribution in [-0.4, -0.2) is 106 Å². The molecule has 2 saturated heterocycles. The third-order valence-corrected chi connectivity index (χ3v) is 11.1. The van der Waals surface area contributed by atoms with E-state index in [-0.39, 0.29) is 22.5 Å². The number of aromatic nitrogens is 5. The summed E-state index contributed by atoms with van der Waals surface area (Å²) in [6.07, 6.45) is -6.57. The molecular weight excluding hydrogens is 716 g/mol. The summed E-state index contributed by atoms with van der Waals surface area (Å²) in [5.74, 6) is -0.0640. The van der Waals surface area contributed by atoms with Crippen LogP contribution in [0.4, 0.5) is 5.82 Å². The molecule has 10 unspecified atom stereocenters. The number of nitrogens with zero attached hydrogens (tertiary/aromatic N) is 5. The first-order valence-electron chi connectivity index (χ1n) is 14.7. The summed E-state index contributed by atoms with van der Waals surface area (Å²) in [6, 6.07) is 2.83. The summed E-state index contributed by atoms with van der Waals surface area (Å²) in [5, 5.41) is 42.7. The standard InChI is InChI=1S/C25H35N7O14P2S/c1-2-3-7-49-25-30-15-20(26)28-11-29-22(15)32(25)24-19(36)17(34)14(45-24)10-43-48(40,41)46-47(38,39)42-9-13-16(33)18(35)23(44-13)31-6-4-5-12(8-31)21(27)37/h4-6,8,11,13-14,16-19,23-24,33-36H,2-3,7,9-10H2,1H3,(H5-,26,27,28,29,37,38,39,40,41). The number of phosphoric acid groups is 2. The van der Waals surface area contributed by atoms with Crippen molar-refractivity contribution >= 4 is 50.3 Å². The number of hydrogen-bond donors (Lipinski definition) is 7. The van der Waals surface area contributed by atoms with E-state index in [4.69, 9.17) is 25.5 Å². The number of imidazole rings is 1. The number of anilines is 1. The molecule has 24 heteroatoms. The van der Waals surface area contributed by atoms with Gasteiger partial charge in [-0.05, 0) is 12.5 Å². The van der Waals surface area contributed by atoms with Crippen LogP contribution in [0, 0.1) is 0 Å². The Morgan fingerprint density at radius 3 is 2.51 bits per heavy atom. The van der Waals surface area contributed by atoms with Gasteiger partial charge in [-0.15, -0.1) is 0 Å². The van der Waals surface area contributed by atoms with E-state index in [1.807, 2.05) is 6.92 Å². The molecule has 2 fully saturated rings. The molecule has 3 aromatic heterocycles. The predicted molar refractivity (Wildman–Crippen MR) is 163 cm³/mol. The topological polar surface area (TPSA) is 321 Å². The van der Waals surface area contributed by atoms with Crippen molar-refractivity contribution in [2.45, 2.75) is 74.0 Å². The molecule has 0 radical (unpaired) electrons. The number of nitrogens with two attached hydrogens (primary N) is 2. The van der Waals surface area contributed by atoms with Crippen molar-refractivity contribution in [2.75, 3.05) is 24.7 Å². The predicted octanol–water partition coefficient (Wildman–Crippen LogP) is -1.76. The molecule has 10 atom stereocenters. The first kappa shape index (κ1) is 37.6. The Bertz CT molecular complexity index is 1760. The highest BCUT2D eigenvalue weighted by molar-refractivity contribution is 7.99. The van der Waals surface area contributed by atoms with Gasteiger partial charge in [0.25, 0.3) is 20.0 Å². The summed E-state index contributed by atoms with van der Waals surface area (Å²) in [6.45, 7) is 0.114. The van der Waals surface area contributed by atoms with E-state index in [1.165, 1.54) is 51.7 Å². The van der Waals surface area contributed by atoms with Gasteiger partial charge in [-0.3, -0.25) is 18.5 Å². The molecule has 5 heterocycles. The van der Waals surface area contributed by atoms with Crippen molar-refractivity contribution in [3.05, 3.63) is 36.4 Å². The number of aliphatic hydroxyl groups is 4. The number of hydrogen-bond acceptors (Lipinski definition) is 18. The maximum Gasteiger partial charge on any atom is 0.478 e. The molecular formula is C25H35N7O14P2S. The summed E-state index contributed by atoms with van der Waals surface area (Å²) in [7, 11) is -11.1. The summed E-state index contributed by atoms with van der Waals surface area (Å²) >= 11 is 1.32. The first-order valence-corrected chi connectivity index (χ1v) is 18.7. The number of pyridine rings is 1. The fraction of sp³-hybridized carbons (Fsp3) is 0.560. The number of amides is 1. The van der Waals surface area contributed by atoms with Crippen LogP contribution in [0.3, 0.4) is 0 Å². The molecule has 49 heavy (non-hydrogen) atoms. The van der Waals surface area contributed by atoms with Crippen LogP contribution in [-0.2, 0) is 32.0 Å². The molecule has 0 spiro atoms. The third kappa shape index (κ3) is 8.46. The van der Waals surface area contributed by atoms with E-state index >= 15 is 0 Å². The van der Waals surface area contributed by atoms with Gasteiger partial charge in [0.15, 0.2) is 46.9 Å². The van der Waals surface area contributed by atoms with E-state index in [9.17, 15) is 44.1 Å². The second kappa shape index (κ2) is 15.3. The minimum Gasteiger partial charge on any atom is -0.756 e. The van der Waals surface area contributed by atoms with Crippen molar-refractivity contribution in [3.8, 4) is 0 Å². The molecule has 270 valence electrons. The highest BCUT2D eigenvalue weighted by atomic mass is 32.2. The maximum absolute atomic E-state index is 12.6. The number of thioether (sulfide) groups is 1. The van der Waals surface area contributed by atoms with Crippen LogP contribution in [0.5, 0.6) is 0 Å². The molecule has 0 aromatic carbocycles. The molecule has 3 aromatic rings. The van der Waals surface area contributed by atoms with Gasteiger partial charge in [-0.25, -0.2) is 23.8 Å². The Balaban J connectivity index is 1.19. The molecule has 0 aliphatic carbocycles. The van der Waals surface area contributed by atoms with Gasteiger partial charge in [0.05, 0.1) is 13.2 Å². The lowest BCUT2D eigenvalue weighted by atomic mass is 10.1. The quantitative estimate of drug-likeness (QED) is 0.0391. The fourth-order valence-corrected chi connectivity index (χ4v) is 8.20. The van der Waals surface area contributed by atoms with Crippen molar-refractivity contribution in [1.82, 2.24) is 19.5 Å². The largest absolute Gasteiger partial charge is 0.756 e. The molecule has 2 aliphatic heterocycles.